The van der Waals surface area contributed by atoms with Gasteiger partial charge in [0, 0.05) is 10.0 Å². The summed E-state index contributed by atoms with van der Waals surface area (Å²) in [6.07, 6.45) is 0. The van der Waals surface area contributed by atoms with Gasteiger partial charge >= 0.3 is 59.1 Å². The average Bonchev–Trinajstić information content (AvgIpc) is 2.54. The van der Waals surface area contributed by atoms with E-state index in [1.165, 1.54) is 12.1 Å². The first-order valence-electron chi connectivity index (χ1n) is 6.30. The van der Waals surface area contributed by atoms with E-state index in [1.54, 1.807) is 0 Å². The van der Waals surface area contributed by atoms with Crippen LogP contribution in [0.15, 0.2) is 57.1 Å². The van der Waals surface area contributed by atoms with Gasteiger partial charge in [0.25, 0.3) is 5.69 Å². The first kappa shape index (κ1) is 30.9. The maximum absolute atomic E-state index is 12.5. The molecule has 0 aliphatic carbocycles. The van der Waals surface area contributed by atoms with E-state index in [0.29, 0.717) is 25.9 Å². The summed E-state index contributed by atoms with van der Waals surface area (Å²) in [6, 6.07) is 5.07. The summed E-state index contributed by atoms with van der Waals surface area (Å²) in [5, 5.41) is 29.6. The normalized spacial score (nSPS) is 11.6. The second-order valence-electron chi connectivity index (χ2n) is 4.52. The summed E-state index contributed by atoms with van der Waals surface area (Å²) in [6.45, 7) is 0. The molecule has 0 atom stereocenters. The Kier molecular flexibility index (Phi) is 14.5. The second-order valence-corrected chi connectivity index (χ2v) is 10.1. The Bertz CT molecular complexity index is 981. The van der Waals surface area contributed by atoms with E-state index in [9.17, 15) is 23.4 Å². The summed E-state index contributed by atoms with van der Waals surface area (Å²) < 4.78 is 38.5. The number of rotatable bonds is 6. The van der Waals surface area contributed by atoms with Gasteiger partial charge in [-0.1, -0.05) is 0 Å². The Morgan fingerprint density at radius 2 is 1.45 bits per heavy atom. The van der Waals surface area contributed by atoms with Crippen LogP contribution < -0.4 is 64.4 Å². The number of benzene rings is 2. The van der Waals surface area contributed by atoms with E-state index in [1.807, 2.05) is 0 Å². The molecule has 0 aliphatic rings. The molecule has 0 aromatic heterocycles. The molecule has 0 heterocycles. The van der Waals surface area contributed by atoms with Crippen LogP contribution in [0.2, 0.25) is 0 Å². The summed E-state index contributed by atoms with van der Waals surface area (Å²) in [7, 11) is -4.68. The molecule has 9 nitrogen and oxygen atoms in total. The maximum Gasteiger partial charge on any atom is 1.00 e. The van der Waals surface area contributed by atoms with E-state index in [2.05, 4.69) is 78.2 Å². The summed E-state index contributed by atoms with van der Waals surface area (Å²) in [5.74, 6) is 0. The largest absolute Gasteiger partial charge is 1.00 e. The summed E-state index contributed by atoms with van der Waals surface area (Å²) in [4.78, 5) is 0.250. The summed E-state index contributed by atoms with van der Waals surface area (Å²) >= 11 is 13.2. The van der Waals surface area contributed by atoms with Crippen LogP contribution in [0.5, 0.6) is 0 Å². The van der Waals surface area contributed by atoms with Gasteiger partial charge in [-0.3, -0.25) is 5.04 Å². The quantitative estimate of drug-likeness (QED) is 0.0693. The van der Waals surface area contributed by atoms with Crippen molar-refractivity contribution in [3.63, 3.8) is 0 Å². The fraction of sp³-hybridized carbons (Fsp3) is 0. The number of nitrogens with zero attached hydrogens (tertiary/aromatic N) is 2. The van der Waals surface area contributed by atoms with Crippen molar-refractivity contribution in [3.05, 3.63) is 47.4 Å². The predicted molar refractivity (Wildman–Crippen MR) is 105 cm³/mol. The molecule has 0 aliphatic heterocycles. The molecule has 2 aromatic carbocycles. The third-order valence-electron chi connectivity index (χ3n) is 2.81. The van der Waals surface area contributed by atoms with E-state index >= 15 is 0 Å². The molecule has 0 fully saturated rings. The van der Waals surface area contributed by atoms with Crippen molar-refractivity contribution in [3.8, 4) is 0 Å². The molecule has 0 N–H and O–H groups in total. The van der Waals surface area contributed by atoms with Gasteiger partial charge in [-0.25, -0.2) is 8.42 Å². The Labute approximate surface area is 247 Å². The van der Waals surface area contributed by atoms with Crippen molar-refractivity contribution in [1.29, 1.82) is 0 Å². The van der Waals surface area contributed by atoms with Gasteiger partial charge in [-0.2, -0.15) is 4.33 Å². The van der Waals surface area contributed by atoms with Crippen molar-refractivity contribution < 1.29 is 91.6 Å². The van der Waals surface area contributed by atoms with Gasteiger partial charge in [-0.05, 0) is 92.8 Å². The molecule has 29 heavy (non-hydrogen) atoms. The fourth-order valence-corrected chi connectivity index (χ4v) is 6.15. The van der Waals surface area contributed by atoms with Gasteiger partial charge in [-0.15, -0.1) is 0 Å². The molecule has 0 saturated carbocycles. The molecular weight excluding hydrogens is 714 g/mol. The van der Waals surface area contributed by atoms with Crippen molar-refractivity contribution >= 4 is 97.3 Å². The Morgan fingerprint density at radius 3 is 1.86 bits per heavy atom. The molecule has 0 bridgehead atoms. The number of hydrogen-bond acceptors (Lipinski definition) is 9. The standard InChI is InChI=1S/C12H6Br4N2O7S2.2Na/c13-7-3-6(27(21,22)23)4-8(14)11(7)17-18(19)12-9(15)1-5(2-10(12)16)26-25-24-20;;/h1-4,20H,(H,21,22,23);;/q;2*+1/p-2. The van der Waals surface area contributed by atoms with Crippen LogP contribution in [-0.2, 0) is 19.5 Å². The SMILES string of the molecule is O=S(=O)([O-])c1cc(Br)c(N=[N+]([O-])c2c(Br)cc(SOO[O-])cc2Br)c(Br)c1.[Na+].[Na+]. The molecule has 146 valence electrons. The van der Waals surface area contributed by atoms with Gasteiger partial charge in [0.15, 0.2) is 5.69 Å². The monoisotopic (exact) mass is 714 g/mol. The molecule has 0 saturated heterocycles. The Balaban J connectivity index is 0.00000392. The average molecular weight is 718 g/mol. The van der Waals surface area contributed by atoms with E-state index < -0.39 is 15.0 Å². The smallest absolute Gasteiger partial charge is 0.744 e. The first-order valence-corrected chi connectivity index (χ1v) is 11.6. The Hall–Kier alpha value is 1.90. The van der Waals surface area contributed by atoms with Crippen LogP contribution in [0.4, 0.5) is 11.4 Å². The molecule has 2 aromatic rings. The van der Waals surface area contributed by atoms with Crippen LogP contribution in [0, 0.1) is 5.21 Å². The topological polar surface area (TPSA) is 137 Å². The number of halogens is 4. The number of azo groups is 1. The van der Waals surface area contributed by atoms with Gasteiger partial charge in [0.2, 0.25) is 0 Å². The van der Waals surface area contributed by atoms with Crippen molar-refractivity contribution in [2.24, 2.45) is 5.11 Å². The third-order valence-corrected chi connectivity index (χ3v) is 6.59. The minimum Gasteiger partial charge on any atom is -0.744 e. The minimum atomic E-state index is -4.68. The number of hydrogen-bond donors (Lipinski definition) is 0. The molecule has 0 spiro atoms. The van der Waals surface area contributed by atoms with Crippen LogP contribution in [0.3, 0.4) is 0 Å². The van der Waals surface area contributed by atoms with E-state index in [0.717, 1.165) is 12.1 Å². The second kappa shape index (κ2) is 13.6. The molecular formula is C12H4Br4N2Na2O7S2. The van der Waals surface area contributed by atoms with Crippen molar-refractivity contribution in [1.82, 2.24) is 0 Å². The van der Waals surface area contributed by atoms with Crippen molar-refractivity contribution in [2.45, 2.75) is 9.79 Å². The van der Waals surface area contributed by atoms with Gasteiger partial charge in [0.1, 0.15) is 10.1 Å². The van der Waals surface area contributed by atoms with Crippen molar-refractivity contribution in [2.75, 3.05) is 0 Å². The fourth-order valence-electron chi connectivity index (χ4n) is 1.75. The molecule has 0 amide bonds. The predicted octanol–water partition coefficient (Wildman–Crippen LogP) is -1.19. The van der Waals surface area contributed by atoms with E-state index in [4.69, 9.17) is 0 Å². The zero-order valence-electron chi connectivity index (χ0n) is 14.4. The third kappa shape index (κ3) is 8.64. The van der Waals surface area contributed by atoms with Crippen LogP contribution in [-0.4, -0.2) is 17.8 Å². The zero-order chi connectivity index (χ0) is 20.4. The minimum absolute atomic E-state index is 0. The van der Waals surface area contributed by atoms with Crippen LogP contribution in [0.1, 0.15) is 0 Å². The first-order chi connectivity index (χ1) is 12.5. The molecule has 2 rings (SSSR count). The zero-order valence-corrected chi connectivity index (χ0v) is 26.4. The summed E-state index contributed by atoms with van der Waals surface area (Å²) in [5.41, 5.74) is 0.152. The molecule has 17 heteroatoms. The van der Waals surface area contributed by atoms with Gasteiger partial charge < -0.3 is 15.0 Å². The van der Waals surface area contributed by atoms with Crippen LogP contribution in [0.25, 0.3) is 0 Å². The van der Waals surface area contributed by atoms with Gasteiger partial charge in [0.05, 0.1) is 34.8 Å². The maximum atomic E-state index is 12.5. The van der Waals surface area contributed by atoms with E-state index in [-0.39, 0.29) is 84.3 Å². The molecule has 0 radical (unpaired) electrons. The molecule has 0 unspecified atom stereocenters. The van der Waals surface area contributed by atoms with Crippen LogP contribution >= 0.6 is 75.8 Å². The Morgan fingerprint density at radius 1 is 0.966 bits per heavy atom.